The van der Waals surface area contributed by atoms with E-state index in [-0.39, 0.29) is 23.1 Å². The number of hydrogen-bond donors (Lipinski definition) is 1. The van der Waals surface area contributed by atoms with Crippen molar-refractivity contribution in [1.82, 2.24) is 0 Å². The van der Waals surface area contributed by atoms with E-state index < -0.39 is 15.7 Å². The van der Waals surface area contributed by atoms with Crippen LogP contribution in [0.5, 0.6) is 0 Å². The van der Waals surface area contributed by atoms with Gasteiger partial charge in [-0.3, -0.25) is 0 Å². The van der Waals surface area contributed by atoms with Gasteiger partial charge in [-0.25, -0.2) is 12.8 Å². The first-order chi connectivity index (χ1) is 6.94. The average Bonchev–Trinajstić information content (AvgIpc) is 2.10. The van der Waals surface area contributed by atoms with E-state index in [1.165, 1.54) is 12.1 Å². The summed E-state index contributed by atoms with van der Waals surface area (Å²) in [7, 11) is -3.25. The number of benzene rings is 1. The normalized spacial score (nSPS) is 11.7. The van der Waals surface area contributed by atoms with Gasteiger partial charge in [-0.15, -0.1) is 0 Å². The molecule has 0 aliphatic carbocycles. The maximum atomic E-state index is 13.0. The summed E-state index contributed by atoms with van der Waals surface area (Å²) in [5, 5.41) is -0.0185. The fraction of sp³-hybridized carbons (Fsp3) is 0.333. The molecule has 0 atom stereocenters. The van der Waals surface area contributed by atoms with Crippen LogP contribution in [0.1, 0.15) is 5.56 Å². The highest BCUT2D eigenvalue weighted by Gasteiger charge is 2.11. The van der Waals surface area contributed by atoms with Gasteiger partial charge in [0.25, 0.3) is 0 Å². The highest BCUT2D eigenvalue weighted by molar-refractivity contribution is 7.90. The van der Waals surface area contributed by atoms with Crippen molar-refractivity contribution < 1.29 is 12.8 Å². The summed E-state index contributed by atoms with van der Waals surface area (Å²) >= 11 is 5.47. The molecule has 0 saturated heterocycles. The van der Waals surface area contributed by atoms with Crippen LogP contribution in [-0.4, -0.2) is 20.7 Å². The molecule has 0 aromatic heterocycles. The molecule has 0 aliphatic rings. The van der Waals surface area contributed by atoms with Gasteiger partial charge < -0.3 is 5.73 Å². The van der Waals surface area contributed by atoms with E-state index in [9.17, 15) is 12.8 Å². The molecule has 6 heteroatoms. The van der Waals surface area contributed by atoms with Crippen LogP contribution in [-0.2, 0) is 15.6 Å². The molecule has 0 spiro atoms. The number of halogens is 2. The Balaban J connectivity index is 2.86. The molecule has 0 aliphatic heterocycles. The largest absolute Gasteiger partial charge is 0.329 e. The van der Waals surface area contributed by atoms with Gasteiger partial charge in [-0.1, -0.05) is 17.7 Å². The Morgan fingerprint density at radius 1 is 1.40 bits per heavy atom. The molecule has 1 aromatic rings. The van der Waals surface area contributed by atoms with Crippen LogP contribution in [0, 0.1) is 5.82 Å². The van der Waals surface area contributed by atoms with Crippen LogP contribution in [0.25, 0.3) is 0 Å². The van der Waals surface area contributed by atoms with E-state index in [1.54, 1.807) is 0 Å². The van der Waals surface area contributed by atoms with Crippen LogP contribution >= 0.6 is 11.6 Å². The Labute approximate surface area is 93.0 Å². The molecule has 1 rings (SSSR count). The van der Waals surface area contributed by atoms with Crippen molar-refractivity contribution >= 4 is 21.4 Å². The second kappa shape index (κ2) is 4.92. The summed E-state index contributed by atoms with van der Waals surface area (Å²) in [5.41, 5.74) is 5.53. The molecule has 3 nitrogen and oxygen atoms in total. The van der Waals surface area contributed by atoms with Crippen molar-refractivity contribution in [3.63, 3.8) is 0 Å². The lowest BCUT2D eigenvalue weighted by molar-refractivity contribution is 0.594. The Morgan fingerprint density at radius 3 is 2.60 bits per heavy atom. The molecule has 0 unspecified atom stereocenters. The summed E-state index contributed by atoms with van der Waals surface area (Å²) < 4.78 is 35.7. The van der Waals surface area contributed by atoms with Crippen LogP contribution < -0.4 is 5.73 Å². The monoisotopic (exact) mass is 251 g/mol. The molecular weight excluding hydrogens is 241 g/mol. The third kappa shape index (κ3) is 3.77. The van der Waals surface area contributed by atoms with Gasteiger partial charge in [-0.2, -0.15) is 0 Å². The zero-order chi connectivity index (χ0) is 11.5. The van der Waals surface area contributed by atoms with Crippen LogP contribution in [0.2, 0.25) is 5.02 Å². The van der Waals surface area contributed by atoms with Crippen molar-refractivity contribution in [1.29, 1.82) is 0 Å². The topological polar surface area (TPSA) is 60.2 Å². The van der Waals surface area contributed by atoms with E-state index in [0.29, 0.717) is 5.56 Å². The Bertz CT molecular complexity index is 447. The predicted octanol–water partition coefficient (Wildman–Crippen LogP) is 1.35. The van der Waals surface area contributed by atoms with E-state index >= 15 is 0 Å². The summed E-state index contributed by atoms with van der Waals surface area (Å²) in [4.78, 5) is 0. The molecule has 0 heterocycles. The van der Waals surface area contributed by atoms with E-state index in [1.807, 2.05) is 0 Å². The zero-order valence-electron chi connectivity index (χ0n) is 7.91. The summed E-state index contributed by atoms with van der Waals surface area (Å²) in [6.45, 7) is 0.0679. The molecule has 2 N–H and O–H groups in total. The molecule has 0 fully saturated rings. The SMILES string of the molecule is NCCS(=O)(=O)Cc1ccc(Cl)c(F)c1. The van der Waals surface area contributed by atoms with E-state index in [4.69, 9.17) is 17.3 Å². The molecule has 0 amide bonds. The van der Waals surface area contributed by atoms with Crippen molar-refractivity contribution in [3.8, 4) is 0 Å². The quantitative estimate of drug-likeness (QED) is 0.879. The molecule has 0 saturated carbocycles. The predicted molar refractivity (Wildman–Crippen MR) is 58.0 cm³/mol. The van der Waals surface area contributed by atoms with Crippen molar-refractivity contribution in [2.45, 2.75) is 5.75 Å². The maximum Gasteiger partial charge on any atom is 0.155 e. The van der Waals surface area contributed by atoms with Gasteiger partial charge in [-0.05, 0) is 17.7 Å². The van der Waals surface area contributed by atoms with Crippen LogP contribution in [0.4, 0.5) is 4.39 Å². The summed E-state index contributed by atoms with van der Waals surface area (Å²) in [6, 6.07) is 3.94. The van der Waals surface area contributed by atoms with Crippen LogP contribution in [0.3, 0.4) is 0 Å². The number of nitrogens with two attached hydrogens (primary N) is 1. The molecule has 0 bridgehead atoms. The van der Waals surface area contributed by atoms with Crippen LogP contribution in [0.15, 0.2) is 18.2 Å². The molecule has 0 radical (unpaired) electrons. The highest BCUT2D eigenvalue weighted by atomic mass is 35.5. The van der Waals surface area contributed by atoms with Gasteiger partial charge >= 0.3 is 0 Å². The second-order valence-electron chi connectivity index (χ2n) is 3.13. The van der Waals surface area contributed by atoms with Gasteiger partial charge in [0.2, 0.25) is 0 Å². The highest BCUT2D eigenvalue weighted by Crippen LogP contribution is 2.17. The van der Waals surface area contributed by atoms with Gasteiger partial charge in [0, 0.05) is 6.54 Å². The lowest BCUT2D eigenvalue weighted by Crippen LogP contribution is -2.17. The van der Waals surface area contributed by atoms with E-state index in [2.05, 4.69) is 0 Å². The minimum atomic E-state index is -3.25. The lowest BCUT2D eigenvalue weighted by Gasteiger charge is -2.03. The first kappa shape index (κ1) is 12.4. The summed E-state index contributed by atoms with van der Waals surface area (Å²) in [5.74, 6) is -0.924. The Hall–Kier alpha value is -0.650. The fourth-order valence-electron chi connectivity index (χ4n) is 1.14. The number of rotatable bonds is 4. The molecule has 15 heavy (non-hydrogen) atoms. The zero-order valence-corrected chi connectivity index (χ0v) is 9.48. The fourth-order valence-corrected chi connectivity index (χ4v) is 2.44. The third-order valence-electron chi connectivity index (χ3n) is 1.80. The van der Waals surface area contributed by atoms with Gasteiger partial charge in [0.15, 0.2) is 9.84 Å². The lowest BCUT2D eigenvalue weighted by atomic mass is 10.2. The van der Waals surface area contributed by atoms with E-state index in [0.717, 1.165) is 6.07 Å². The smallest absolute Gasteiger partial charge is 0.155 e. The van der Waals surface area contributed by atoms with Crippen molar-refractivity contribution in [2.75, 3.05) is 12.3 Å². The average molecular weight is 252 g/mol. The minimum absolute atomic E-state index is 0.0185. The minimum Gasteiger partial charge on any atom is -0.329 e. The molecule has 1 aromatic carbocycles. The Morgan fingerprint density at radius 2 is 2.07 bits per heavy atom. The van der Waals surface area contributed by atoms with Gasteiger partial charge in [0.05, 0.1) is 16.5 Å². The summed E-state index contributed by atoms with van der Waals surface area (Å²) in [6.07, 6.45) is 0. The number of sulfone groups is 1. The molecule has 84 valence electrons. The first-order valence-electron chi connectivity index (χ1n) is 4.29. The standard InChI is InChI=1S/C9H11ClFNO2S/c10-8-2-1-7(5-9(8)11)6-15(13,14)4-3-12/h1-2,5H,3-4,6,12H2. The maximum absolute atomic E-state index is 13.0. The first-order valence-corrected chi connectivity index (χ1v) is 6.49. The van der Waals surface area contributed by atoms with Gasteiger partial charge in [0.1, 0.15) is 5.82 Å². The van der Waals surface area contributed by atoms with Crippen molar-refractivity contribution in [3.05, 3.63) is 34.6 Å². The Kier molecular flexibility index (Phi) is 4.07. The second-order valence-corrected chi connectivity index (χ2v) is 5.72. The number of hydrogen-bond acceptors (Lipinski definition) is 3. The van der Waals surface area contributed by atoms with Crippen molar-refractivity contribution in [2.24, 2.45) is 5.73 Å². The molecular formula is C9H11ClFNO2S. The third-order valence-corrected chi connectivity index (χ3v) is 3.74.